The predicted octanol–water partition coefficient (Wildman–Crippen LogP) is 5.93. The van der Waals surface area contributed by atoms with Crippen LogP contribution in [0.2, 0.25) is 0 Å². The van der Waals surface area contributed by atoms with E-state index in [4.69, 9.17) is 5.73 Å². The molecular weight excluding hydrogens is 754 g/mol. The fraction of sp³-hybridized carbons (Fsp3) is 0.531. The first-order valence-electron chi connectivity index (χ1n) is 16.3. The van der Waals surface area contributed by atoms with E-state index in [2.05, 4.69) is 47.4 Å². The third-order valence-corrected chi connectivity index (χ3v) is 13.1. The lowest BCUT2D eigenvalue weighted by molar-refractivity contribution is -0.134. The van der Waals surface area contributed by atoms with Crippen molar-refractivity contribution in [1.29, 1.82) is 0 Å². The van der Waals surface area contributed by atoms with Gasteiger partial charge in [-0.05, 0) is 113 Å². The van der Waals surface area contributed by atoms with Crippen LogP contribution in [0.15, 0.2) is 50.2 Å². The number of hydrogen-bond acceptors (Lipinski definition) is 7. The molecule has 5 amide bonds. The Hall–Kier alpha value is -2.56. The molecule has 6 N–H and O–H groups in total. The zero-order chi connectivity index (χ0) is 33.3. The molecule has 0 spiro atoms. The van der Waals surface area contributed by atoms with Crippen molar-refractivity contribution in [2.75, 3.05) is 50.3 Å². The molecule has 0 saturated carbocycles. The number of amides is 5. The minimum atomic E-state index is -3.54. The number of nitrogen functional groups attached to an aromatic ring is 1. The van der Waals surface area contributed by atoms with Gasteiger partial charge in [0.15, 0.2) is 0 Å². The number of rotatable bonds is 6. The molecule has 4 heterocycles. The highest BCUT2D eigenvalue weighted by Crippen LogP contribution is 2.58. The molecular formula is C32H43Br2N7O5S. The number of carbonyl (C=O) groups excluding carboxylic acids is 3. The maximum Gasteiger partial charge on any atom is 0.340 e. The zero-order valence-corrected chi connectivity index (χ0v) is 30.2. The molecule has 6 rings (SSSR count). The highest BCUT2D eigenvalue weighted by atomic mass is 79.9. The quantitative estimate of drug-likeness (QED) is 0.227. The molecule has 0 bridgehead atoms. The van der Waals surface area contributed by atoms with Crippen molar-refractivity contribution in [2.45, 2.75) is 74.4 Å². The summed E-state index contributed by atoms with van der Waals surface area (Å²) in [6, 6.07) is 8.72. The van der Waals surface area contributed by atoms with Crippen molar-refractivity contribution in [3.05, 3.63) is 50.9 Å². The summed E-state index contributed by atoms with van der Waals surface area (Å²) in [5.74, 6) is -0.105. The van der Waals surface area contributed by atoms with Crippen molar-refractivity contribution < 1.29 is 23.5 Å². The zero-order valence-electron chi connectivity index (χ0n) is 26.2. The summed E-state index contributed by atoms with van der Waals surface area (Å²) >= 11 is 7.00. The summed E-state index contributed by atoms with van der Waals surface area (Å²) in [6.45, 7) is 4.14. The molecule has 12 nitrogen and oxygen atoms in total. The Morgan fingerprint density at radius 3 is 2.17 bits per heavy atom. The third kappa shape index (κ3) is 7.39. The topological polar surface area (TPSA) is 155 Å². The Kier molecular flexibility index (Phi) is 10.6. The van der Waals surface area contributed by atoms with Gasteiger partial charge in [0.2, 0.25) is 5.91 Å². The Bertz CT molecular complexity index is 1470. The number of nitrogens with two attached hydrogens (primary N) is 1. The van der Waals surface area contributed by atoms with Crippen LogP contribution in [0.3, 0.4) is 0 Å². The Labute approximate surface area is 294 Å². The summed E-state index contributed by atoms with van der Waals surface area (Å²) in [4.78, 5) is 47.1. The number of para-hydroxylation sites is 1. The number of piperidine rings is 3. The standard InChI is InChI=1S/C32H43Br2N7O5S/c33-24-18-21(19-25(34)29(24)35)20-27(30(42)39-14-8-22(9-15-39)38-12-4-1-5-13-38)37-31(43)40-16-10-23(11-17-40)41-32(44)36-26-6-2-3-7-28(26)47(41,45)46/h2-3,6-7,18-19,22-23,27,45-46H,1,4-5,8-17,20,35H2,(H,36,44)(H,37,43)/t27-/m1/s1. The first-order chi connectivity index (χ1) is 22.5. The maximum absolute atomic E-state index is 14.0. The SMILES string of the molecule is Nc1c(Br)cc(C[C@@H](NC(=O)N2CCC(N3C(=O)Nc4ccccc4S3(O)O)CC2)C(=O)N2CCC(N3CCCCC3)CC2)cc1Br. The Balaban J connectivity index is 1.12. The average molecular weight is 798 g/mol. The maximum atomic E-state index is 14.0. The molecule has 4 aliphatic rings. The van der Waals surface area contributed by atoms with Crippen molar-refractivity contribution in [3.8, 4) is 0 Å². The molecule has 2 aromatic rings. The van der Waals surface area contributed by atoms with Crippen LogP contribution in [-0.4, -0.2) is 103 Å². The van der Waals surface area contributed by atoms with Crippen molar-refractivity contribution >= 4 is 72.0 Å². The summed E-state index contributed by atoms with van der Waals surface area (Å²) in [5.41, 5.74) is 7.91. The van der Waals surface area contributed by atoms with E-state index in [1.807, 2.05) is 17.0 Å². The number of halogens is 2. The van der Waals surface area contributed by atoms with E-state index in [9.17, 15) is 23.5 Å². The number of nitrogens with zero attached hydrogens (tertiary/aromatic N) is 4. The number of anilines is 2. The van der Waals surface area contributed by atoms with Crippen LogP contribution < -0.4 is 16.4 Å². The minimum absolute atomic E-state index is 0.105. The van der Waals surface area contributed by atoms with Crippen LogP contribution in [0.5, 0.6) is 0 Å². The fourth-order valence-corrected chi connectivity index (χ4v) is 10.3. The first kappa shape index (κ1) is 34.3. The van der Waals surface area contributed by atoms with E-state index < -0.39 is 28.9 Å². The van der Waals surface area contributed by atoms with Gasteiger partial charge >= 0.3 is 12.1 Å². The van der Waals surface area contributed by atoms with E-state index in [-0.39, 0.29) is 16.8 Å². The van der Waals surface area contributed by atoms with Crippen LogP contribution in [-0.2, 0) is 11.2 Å². The second-order valence-corrected chi connectivity index (χ2v) is 16.4. The van der Waals surface area contributed by atoms with Gasteiger partial charge in [-0.3, -0.25) is 13.9 Å². The van der Waals surface area contributed by atoms with Gasteiger partial charge in [0.1, 0.15) is 10.9 Å². The molecule has 0 unspecified atom stereocenters. The van der Waals surface area contributed by atoms with Gasteiger partial charge in [-0.25, -0.2) is 13.9 Å². The van der Waals surface area contributed by atoms with Gasteiger partial charge in [-0.2, -0.15) is 0 Å². The number of nitrogens with one attached hydrogen (secondary N) is 2. The van der Waals surface area contributed by atoms with Gasteiger partial charge in [0.25, 0.3) is 0 Å². The molecule has 0 aromatic heterocycles. The molecule has 1 atom stereocenters. The van der Waals surface area contributed by atoms with E-state index in [0.717, 1.165) is 35.8 Å². The van der Waals surface area contributed by atoms with Crippen LogP contribution in [0.1, 0.15) is 50.5 Å². The largest absolute Gasteiger partial charge is 0.397 e. The van der Waals surface area contributed by atoms with Crippen molar-refractivity contribution in [1.82, 2.24) is 24.3 Å². The normalized spacial score (nSPS) is 22.3. The smallest absolute Gasteiger partial charge is 0.340 e. The third-order valence-electron chi connectivity index (χ3n) is 9.84. The molecule has 47 heavy (non-hydrogen) atoms. The fourth-order valence-electron chi connectivity index (χ4n) is 7.26. The molecule has 15 heteroatoms. The molecule has 0 aliphatic carbocycles. The second kappa shape index (κ2) is 14.5. The average Bonchev–Trinajstić information content (AvgIpc) is 3.07. The lowest BCUT2D eigenvalue weighted by atomic mass is 9.98. The minimum Gasteiger partial charge on any atom is -0.397 e. The summed E-state index contributed by atoms with van der Waals surface area (Å²) < 4.78 is 24.8. The summed E-state index contributed by atoms with van der Waals surface area (Å²) in [5, 5.41) is 5.79. The van der Waals surface area contributed by atoms with E-state index >= 15 is 0 Å². The lowest BCUT2D eigenvalue weighted by Crippen LogP contribution is -2.58. The van der Waals surface area contributed by atoms with Crippen LogP contribution >= 0.6 is 42.6 Å². The van der Waals surface area contributed by atoms with E-state index in [1.54, 1.807) is 29.2 Å². The lowest BCUT2D eigenvalue weighted by Gasteiger charge is -2.51. The Morgan fingerprint density at radius 1 is 0.915 bits per heavy atom. The van der Waals surface area contributed by atoms with E-state index in [1.165, 1.54) is 19.3 Å². The van der Waals surface area contributed by atoms with Gasteiger partial charge in [0.05, 0.1) is 17.4 Å². The summed E-state index contributed by atoms with van der Waals surface area (Å²) in [6.07, 6.45) is 6.62. The second-order valence-electron chi connectivity index (χ2n) is 12.8. The van der Waals surface area contributed by atoms with Crippen molar-refractivity contribution in [2.24, 2.45) is 0 Å². The Morgan fingerprint density at radius 2 is 1.51 bits per heavy atom. The molecule has 2 aromatic carbocycles. The van der Waals surface area contributed by atoms with Gasteiger partial charge in [-0.15, -0.1) is 0 Å². The number of likely N-dealkylation sites (tertiary alicyclic amines) is 3. The molecule has 3 saturated heterocycles. The van der Waals surface area contributed by atoms with Crippen LogP contribution in [0.25, 0.3) is 0 Å². The molecule has 256 valence electrons. The number of fused-ring (bicyclic) bond motifs is 1. The molecule has 3 fully saturated rings. The highest BCUT2D eigenvalue weighted by Gasteiger charge is 2.43. The number of hydrogen-bond donors (Lipinski definition) is 5. The predicted molar refractivity (Wildman–Crippen MR) is 190 cm³/mol. The summed E-state index contributed by atoms with van der Waals surface area (Å²) in [7, 11) is -3.54. The molecule has 0 radical (unpaired) electrons. The molecule has 4 aliphatic heterocycles. The highest BCUT2D eigenvalue weighted by molar-refractivity contribution is 9.11. The van der Waals surface area contributed by atoms with Gasteiger partial charge < -0.3 is 31.1 Å². The van der Waals surface area contributed by atoms with E-state index in [0.29, 0.717) is 71.8 Å². The van der Waals surface area contributed by atoms with Crippen LogP contribution in [0, 0.1) is 0 Å². The van der Waals surface area contributed by atoms with Gasteiger partial charge in [-0.1, -0.05) is 29.3 Å². The van der Waals surface area contributed by atoms with Crippen LogP contribution in [0.4, 0.5) is 21.0 Å². The number of carbonyl (C=O) groups is 3. The number of urea groups is 2. The van der Waals surface area contributed by atoms with Crippen molar-refractivity contribution in [3.63, 3.8) is 0 Å². The van der Waals surface area contributed by atoms with Gasteiger partial charge in [0, 0.05) is 47.6 Å². The first-order valence-corrected chi connectivity index (χ1v) is 19.4. The number of benzene rings is 2. The monoisotopic (exact) mass is 795 g/mol.